The lowest BCUT2D eigenvalue weighted by Gasteiger charge is -2.06. The van der Waals surface area contributed by atoms with Crippen LogP contribution in [0.25, 0.3) is 0 Å². The highest BCUT2D eigenvalue weighted by molar-refractivity contribution is 7.99. The van der Waals surface area contributed by atoms with Crippen molar-refractivity contribution >= 4 is 17.6 Å². The Hall–Kier alpha value is -1.30. The van der Waals surface area contributed by atoms with Crippen LogP contribution in [0.4, 0.5) is 8.78 Å². The van der Waals surface area contributed by atoms with Gasteiger partial charge in [0.1, 0.15) is 11.6 Å². The number of hydrogen-bond donors (Lipinski definition) is 2. The van der Waals surface area contributed by atoms with Crippen LogP contribution >= 0.6 is 11.8 Å². The zero-order valence-electron chi connectivity index (χ0n) is 9.41. The van der Waals surface area contributed by atoms with Crippen LogP contribution in [0.15, 0.2) is 22.2 Å². The number of amidine groups is 1. The molecule has 94 valence electrons. The third-order valence-electron chi connectivity index (χ3n) is 2.15. The van der Waals surface area contributed by atoms with Gasteiger partial charge in [0.2, 0.25) is 0 Å². The number of oxime groups is 1. The van der Waals surface area contributed by atoms with Crippen molar-refractivity contribution < 1.29 is 14.0 Å². The fourth-order valence-electron chi connectivity index (χ4n) is 1.22. The number of rotatable bonds is 5. The Kier molecular flexibility index (Phi) is 5.21. The molecule has 3 nitrogen and oxygen atoms in total. The van der Waals surface area contributed by atoms with Gasteiger partial charge in [0, 0.05) is 5.56 Å². The van der Waals surface area contributed by atoms with Crippen molar-refractivity contribution in [2.45, 2.75) is 24.7 Å². The summed E-state index contributed by atoms with van der Waals surface area (Å²) in [5, 5.41) is 11.1. The van der Waals surface area contributed by atoms with E-state index < -0.39 is 11.6 Å². The van der Waals surface area contributed by atoms with Crippen molar-refractivity contribution in [2.24, 2.45) is 10.9 Å². The number of nitrogens with two attached hydrogens (primary N) is 1. The first-order chi connectivity index (χ1) is 8.10. The Labute approximate surface area is 103 Å². The summed E-state index contributed by atoms with van der Waals surface area (Å²) in [6, 6.07) is 2.12. The molecule has 0 atom stereocenters. The molecule has 1 aromatic carbocycles. The normalized spacial score (nSPS) is 11.8. The van der Waals surface area contributed by atoms with E-state index in [2.05, 4.69) is 5.16 Å². The molecule has 6 heteroatoms. The molecule has 1 rings (SSSR count). The Morgan fingerprint density at radius 3 is 2.47 bits per heavy atom. The molecule has 0 aromatic heterocycles. The van der Waals surface area contributed by atoms with E-state index >= 15 is 0 Å². The lowest BCUT2D eigenvalue weighted by atomic mass is 10.2. The summed E-state index contributed by atoms with van der Waals surface area (Å²) >= 11 is 1.13. The maximum atomic E-state index is 13.6. The van der Waals surface area contributed by atoms with Crippen molar-refractivity contribution in [3.63, 3.8) is 0 Å². The summed E-state index contributed by atoms with van der Waals surface area (Å²) in [5.74, 6) is -1.03. The number of thioether (sulfide) groups is 1. The van der Waals surface area contributed by atoms with Crippen LogP contribution < -0.4 is 5.73 Å². The first kappa shape index (κ1) is 13.8. The predicted octanol–water partition coefficient (Wildman–Crippen LogP) is 2.95. The summed E-state index contributed by atoms with van der Waals surface area (Å²) in [5.41, 5.74) is 5.29. The van der Waals surface area contributed by atoms with Crippen LogP contribution in [-0.2, 0) is 0 Å². The van der Waals surface area contributed by atoms with Gasteiger partial charge in [0.05, 0.1) is 4.90 Å². The van der Waals surface area contributed by atoms with Gasteiger partial charge in [-0.2, -0.15) is 0 Å². The Morgan fingerprint density at radius 1 is 1.41 bits per heavy atom. The van der Waals surface area contributed by atoms with Crippen LogP contribution in [0.5, 0.6) is 0 Å². The number of nitrogens with zero attached hydrogens (tertiary/aromatic N) is 1. The maximum Gasteiger partial charge on any atom is 0.170 e. The smallest absolute Gasteiger partial charge is 0.170 e. The largest absolute Gasteiger partial charge is 0.409 e. The van der Waals surface area contributed by atoms with Gasteiger partial charge >= 0.3 is 0 Å². The highest BCUT2D eigenvalue weighted by atomic mass is 32.2. The van der Waals surface area contributed by atoms with Gasteiger partial charge in [-0.15, -0.1) is 11.8 Å². The van der Waals surface area contributed by atoms with E-state index in [1.54, 1.807) is 0 Å². The molecule has 3 N–H and O–H groups in total. The first-order valence-electron chi connectivity index (χ1n) is 5.19. The number of unbranched alkanes of at least 4 members (excludes halogenated alkanes) is 1. The molecule has 0 bridgehead atoms. The molecule has 0 saturated carbocycles. The van der Waals surface area contributed by atoms with Crippen molar-refractivity contribution in [1.29, 1.82) is 0 Å². The zero-order valence-corrected chi connectivity index (χ0v) is 10.2. The summed E-state index contributed by atoms with van der Waals surface area (Å²) < 4.78 is 27.2. The van der Waals surface area contributed by atoms with Gasteiger partial charge < -0.3 is 10.9 Å². The molecule has 0 amide bonds. The quantitative estimate of drug-likeness (QED) is 0.214. The van der Waals surface area contributed by atoms with Gasteiger partial charge in [-0.05, 0) is 24.3 Å². The zero-order chi connectivity index (χ0) is 12.8. The number of halogens is 2. The van der Waals surface area contributed by atoms with Gasteiger partial charge in [-0.3, -0.25) is 0 Å². The maximum absolute atomic E-state index is 13.6. The molecule has 0 aliphatic carbocycles. The Bertz CT molecular complexity index is 401. The van der Waals surface area contributed by atoms with E-state index in [4.69, 9.17) is 10.9 Å². The molecule has 0 heterocycles. The minimum atomic E-state index is -0.687. The summed E-state index contributed by atoms with van der Waals surface area (Å²) in [6.07, 6.45) is 1.87. The van der Waals surface area contributed by atoms with Crippen molar-refractivity contribution in [3.8, 4) is 0 Å². The molecule has 0 aliphatic rings. The third kappa shape index (κ3) is 3.59. The molecule has 0 aliphatic heterocycles. The van der Waals surface area contributed by atoms with Crippen molar-refractivity contribution in [1.82, 2.24) is 0 Å². The number of benzene rings is 1. The summed E-state index contributed by atoms with van der Waals surface area (Å²) in [4.78, 5) is -0.0204. The van der Waals surface area contributed by atoms with Gasteiger partial charge in [0.25, 0.3) is 0 Å². The number of hydrogen-bond acceptors (Lipinski definition) is 3. The minimum Gasteiger partial charge on any atom is -0.409 e. The molecule has 1 aromatic rings. The van der Waals surface area contributed by atoms with E-state index in [9.17, 15) is 8.78 Å². The second-order valence-corrected chi connectivity index (χ2v) is 4.56. The average Bonchev–Trinajstić information content (AvgIpc) is 2.31. The third-order valence-corrected chi connectivity index (χ3v) is 3.32. The Morgan fingerprint density at radius 2 is 2.00 bits per heavy atom. The van der Waals surface area contributed by atoms with E-state index in [0.29, 0.717) is 5.75 Å². The average molecular weight is 260 g/mol. The summed E-state index contributed by atoms with van der Waals surface area (Å²) in [6.45, 7) is 2.01. The standard InChI is InChI=1S/C11H14F2N2OS/c1-2-3-4-17-10-8(12)5-7(6-9(10)13)11(14)15-16/h5-6,16H,2-4H2,1H3,(H2,14,15). The SMILES string of the molecule is CCCCSc1c(F)cc(C(N)=NO)cc1F. The minimum absolute atomic E-state index is 0.0204. The molecular formula is C11H14F2N2OS. The second kappa shape index (κ2) is 6.44. The van der Waals surface area contributed by atoms with Gasteiger partial charge in [0.15, 0.2) is 5.84 Å². The molecule has 0 saturated heterocycles. The molecular weight excluding hydrogens is 246 g/mol. The molecule has 0 unspecified atom stereocenters. The second-order valence-electron chi connectivity index (χ2n) is 3.46. The molecule has 0 radical (unpaired) electrons. The van der Waals surface area contributed by atoms with Gasteiger partial charge in [-0.1, -0.05) is 18.5 Å². The van der Waals surface area contributed by atoms with Crippen LogP contribution in [0.3, 0.4) is 0 Å². The predicted molar refractivity (Wildman–Crippen MR) is 64.5 cm³/mol. The lowest BCUT2D eigenvalue weighted by Crippen LogP contribution is -2.14. The Balaban J connectivity index is 2.94. The summed E-state index contributed by atoms with van der Waals surface area (Å²) in [7, 11) is 0. The molecule has 0 spiro atoms. The monoisotopic (exact) mass is 260 g/mol. The van der Waals surface area contributed by atoms with E-state index in [0.717, 1.165) is 36.7 Å². The highest BCUT2D eigenvalue weighted by Crippen LogP contribution is 2.27. The molecule has 0 fully saturated rings. The van der Waals surface area contributed by atoms with Crippen LogP contribution in [0, 0.1) is 11.6 Å². The lowest BCUT2D eigenvalue weighted by molar-refractivity contribution is 0.318. The topological polar surface area (TPSA) is 58.6 Å². The van der Waals surface area contributed by atoms with Crippen LogP contribution in [0.1, 0.15) is 25.3 Å². The van der Waals surface area contributed by atoms with Crippen molar-refractivity contribution in [3.05, 3.63) is 29.3 Å². The van der Waals surface area contributed by atoms with Gasteiger partial charge in [-0.25, -0.2) is 8.78 Å². The fourth-order valence-corrected chi connectivity index (χ4v) is 2.25. The van der Waals surface area contributed by atoms with E-state index in [-0.39, 0.29) is 16.3 Å². The fraction of sp³-hybridized carbons (Fsp3) is 0.364. The van der Waals surface area contributed by atoms with Crippen LogP contribution in [0.2, 0.25) is 0 Å². The molecule has 17 heavy (non-hydrogen) atoms. The van der Waals surface area contributed by atoms with Crippen LogP contribution in [-0.4, -0.2) is 16.8 Å². The van der Waals surface area contributed by atoms with E-state index in [1.165, 1.54) is 0 Å². The van der Waals surface area contributed by atoms with Crippen molar-refractivity contribution in [2.75, 3.05) is 5.75 Å². The highest BCUT2D eigenvalue weighted by Gasteiger charge is 2.13. The first-order valence-corrected chi connectivity index (χ1v) is 6.18. The van der Waals surface area contributed by atoms with E-state index in [1.807, 2.05) is 6.92 Å².